The van der Waals surface area contributed by atoms with E-state index >= 15 is 0 Å². The average Bonchev–Trinajstić information content (AvgIpc) is 2.72. The number of hydrogen-bond donors (Lipinski definition) is 1. The highest BCUT2D eigenvalue weighted by molar-refractivity contribution is 14.1. The third-order valence-electron chi connectivity index (χ3n) is 2.46. The van der Waals surface area contributed by atoms with Crippen LogP contribution in [0.25, 0.3) is 20.8 Å². The van der Waals surface area contributed by atoms with Crippen LogP contribution in [0.2, 0.25) is 0 Å². The van der Waals surface area contributed by atoms with Gasteiger partial charge in [-0.25, -0.2) is 4.98 Å². The molecule has 1 heterocycles. The molecule has 4 heteroatoms. The number of benzene rings is 2. The SMILES string of the molecule is Oc1ccc2nc(-c3ccc(I)cc3)sc2c1. The molecule has 0 amide bonds. The minimum atomic E-state index is 0.287. The molecule has 0 aliphatic rings. The molecule has 0 aliphatic heterocycles. The lowest BCUT2D eigenvalue weighted by atomic mass is 10.2. The van der Waals surface area contributed by atoms with Gasteiger partial charge in [0.05, 0.1) is 10.2 Å². The number of hydrogen-bond acceptors (Lipinski definition) is 3. The summed E-state index contributed by atoms with van der Waals surface area (Å²) in [5, 5.41) is 10.4. The van der Waals surface area contributed by atoms with Crippen LogP contribution in [0.3, 0.4) is 0 Å². The van der Waals surface area contributed by atoms with Crippen LogP contribution in [0.4, 0.5) is 0 Å². The standard InChI is InChI=1S/C13H8INOS/c14-9-3-1-8(2-4-9)13-15-11-6-5-10(16)7-12(11)17-13/h1-7,16H. The van der Waals surface area contributed by atoms with Crippen molar-refractivity contribution in [2.75, 3.05) is 0 Å². The highest BCUT2D eigenvalue weighted by atomic mass is 127. The Morgan fingerprint density at radius 3 is 2.59 bits per heavy atom. The molecule has 0 saturated heterocycles. The number of nitrogens with zero attached hydrogens (tertiary/aromatic N) is 1. The summed E-state index contributed by atoms with van der Waals surface area (Å²) in [6.45, 7) is 0. The summed E-state index contributed by atoms with van der Waals surface area (Å²) in [5.41, 5.74) is 2.05. The largest absolute Gasteiger partial charge is 0.508 e. The maximum absolute atomic E-state index is 9.42. The van der Waals surface area contributed by atoms with E-state index in [9.17, 15) is 5.11 Å². The van der Waals surface area contributed by atoms with Crippen molar-refractivity contribution in [2.24, 2.45) is 0 Å². The Labute approximate surface area is 116 Å². The van der Waals surface area contributed by atoms with Gasteiger partial charge in [0.15, 0.2) is 0 Å². The molecule has 17 heavy (non-hydrogen) atoms. The van der Waals surface area contributed by atoms with E-state index in [0.717, 1.165) is 20.8 Å². The molecule has 2 aromatic carbocycles. The van der Waals surface area contributed by atoms with Gasteiger partial charge in [-0.15, -0.1) is 11.3 Å². The van der Waals surface area contributed by atoms with Crippen LogP contribution in [-0.2, 0) is 0 Å². The Bertz CT molecular complexity index is 675. The molecule has 1 N–H and O–H groups in total. The molecule has 84 valence electrons. The summed E-state index contributed by atoms with van der Waals surface area (Å²) in [6, 6.07) is 13.5. The third-order valence-corrected chi connectivity index (χ3v) is 4.25. The molecule has 0 fully saturated rings. The predicted molar refractivity (Wildman–Crippen MR) is 79.4 cm³/mol. The van der Waals surface area contributed by atoms with Crippen LogP contribution in [-0.4, -0.2) is 10.1 Å². The van der Waals surface area contributed by atoms with Gasteiger partial charge in [-0.3, -0.25) is 0 Å². The first-order chi connectivity index (χ1) is 8.22. The fourth-order valence-corrected chi connectivity index (χ4v) is 2.99. The normalized spacial score (nSPS) is 10.9. The van der Waals surface area contributed by atoms with Crippen LogP contribution >= 0.6 is 33.9 Å². The summed E-state index contributed by atoms with van der Waals surface area (Å²) < 4.78 is 2.23. The summed E-state index contributed by atoms with van der Waals surface area (Å²) in [5.74, 6) is 0.287. The number of aromatic nitrogens is 1. The maximum Gasteiger partial charge on any atom is 0.124 e. The Morgan fingerprint density at radius 1 is 1.06 bits per heavy atom. The van der Waals surface area contributed by atoms with Crippen LogP contribution in [0.15, 0.2) is 42.5 Å². The fourth-order valence-electron chi connectivity index (χ4n) is 1.63. The first-order valence-corrected chi connectivity index (χ1v) is 6.97. The van der Waals surface area contributed by atoms with E-state index in [2.05, 4.69) is 51.8 Å². The smallest absolute Gasteiger partial charge is 0.124 e. The van der Waals surface area contributed by atoms with Gasteiger partial charge in [0.25, 0.3) is 0 Å². The minimum Gasteiger partial charge on any atom is -0.508 e. The quantitative estimate of drug-likeness (QED) is 0.663. The molecule has 3 aromatic rings. The van der Waals surface area contributed by atoms with Crippen LogP contribution in [0.5, 0.6) is 5.75 Å². The van der Waals surface area contributed by atoms with Crippen molar-refractivity contribution in [3.63, 3.8) is 0 Å². The molecule has 0 unspecified atom stereocenters. The lowest BCUT2D eigenvalue weighted by Crippen LogP contribution is -1.76. The molecule has 3 rings (SSSR count). The molecular formula is C13H8INOS. The number of aromatic hydroxyl groups is 1. The zero-order valence-corrected chi connectivity index (χ0v) is 11.7. The summed E-state index contributed by atoms with van der Waals surface area (Å²) in [4.78, 5) is 4.56. The van der Waals surface area contributed by atoms with E-state index in [1.165, 1.54) is 3.57 Å². The molecule has 0 aliphatic carbocycles. The van der Waals surface area contributed by atoms with Crippen LogP contribution in [0.1, 0.15) is 0 Å². The zero-order chi connectivity index (χ0) is 11.8. The lowest BCUT2D eigenvalue weighted by molar-refractivity contribution is 0.476. The van der Waals surface area contributed by atoms with Crippen LogP contribution in [0, 0.1) is 3.57 Å². The van der Waals surface area contributed by atoms with Gasteiger partial charge >= 0.3 is 0 Å². The van der Waals surface area contributed by atoms with Crippen molar-refractivity contribution in [1.82, 2.24) is 4.98 Å². The highest BCUT2D eigenvalue weighted by Gasteiger charge is 2.06. The van der Waals surface area contributed by atoms with E-state index in [1.807, 2.05) is 6.07 Å². The van der Waals surface area contributed by atoms with E-state index < -0.39 is 0 Å². The summed E-state index contributed by atoms with van der Waals surface area (Å²) in [6.07, 6.45) is 0. The summed E-state index contributed by atoms with van der Waals surface area (Å²) >= 11 is 3.88. The van der Waals surface area contributed by atoms with Gasteiger partial charge < -0.3 is 5.11 Å². The first-order valence-electron chi connectivity index (χ1n) is 5.08. The van der Waals surface area contributed by atoms with E-state index in [-0.39, 0.29) is 5.75 Å². The second-order valence-electron chi connectivity index (χ2n) is 3.68. The number of phenols is 1. The number of thiazole rings is 1. The van der Waals surface area contributed by atoms with Gasteiger partial charge in [-0.05, 0) is 52.9 Å². The Morgan fingerprint density at radius 2 is 1.82 bits per heavy atom. The van der Waals surface area contributed by atoms with Crippen molar-refractivity contribution in [1.29, 1.82) is 0 Å². The van der Waals surface area contributed by atoms with Gasteiger partial charge in [-0.2, -0.15) is 0 Å². The number of halogens is 1. The molecule has 0 atom stereocenters. The average molecular weight is 353 g/mol. The second-order valence-corrected chi connectivity index (χ2v) is 5.95. The molecule has 0 bridgehead atoms. The summed E-state index contributed by atoms with van der Waals surface area (Å²) in [7, 11) is 0. The van der Waals surface area contributed by atoms with Crippen LogP contribution < -0.4 is 0 Å². The molecule has 0 spiro atoms. The van der Waals surface area contributed by atoms with Crippen molar-refractivity contribution in [2.45, 2.75) is 0 Å². The van der Waals surface area contributed by atoms with Crippen molar-refractivity contribution >= 4 is 44.1 Å². The van der Waals surface area contributed by atoms with Gasteiger partial charge in [0.2, 0.25) is 0 Å². The number of rotatable bonds is 1. The Hall–Kier alpha value is -1.14. The lowest BCUT2D eigenvalue weighted by Gasteiger charge is -1.94. The third kappa shape index (κ3) is 2.14. The zero-order valence-electron chi connectivity index (χ0n) is 8.72. The predicted octanol–water partition coefficient (Wildman–Crippen LogP) is 4.27. The van der Waals surface area contributed by atoms with Crippen molar-refractivity contribution in [3.05, 3.63) is 46.0 Å². The monoisotopic (exact) mass is 353 g/mol. The topological polar surface area (TPSA) is 33.1 Å². The maximum atomic E-state index is 9.42. The Balaban J connectivity index is 2.14. The van der Waals surface area contributed by atoms with Gasteiger partial charge in [-0.1, -0.05) is 12.1 Å². The molecular weight excluding hydrogens is 345 g/mol. The second kappa shape index (κ2) is 4.27. The molecule has 2 nitrogen and oxygen atoms in total. The molecule has 1 aromatic heterocycles. The van der Waals surface area contributed by atoms with E-state index in [1.54, 1.807) is 23.5 Å². The van der Waals surface area contributed by atoms with Crippen molar-refractivity contribution in [3.8, 4) is 16.3 Å². The highest BCUT2D eigenvalue weighted by Crippen LogP contribution is 2.32. The number of fused-ring (bicyclic) bond motifs is 1. The van der Waals surface area contributed by atoms with Gasteiger partial charge in [0, 0.05) is 9.13 Å². The first kappa shape index (κ1) is 11.0. The Kier molecular flexibility index (Phi) is 2.76. The fraction of sp³-hybridized carbons (Fsp3) is 0. The van der Waals surface area contributed by atoms with E-state index in [0.29, 0.717) is 0 Å². The molecule has 0 radical (unpaired) electrons. The van der Waals surface area contributed by atoms with Crippen molar-refractivity contribution < 1.29 is 5.11 Å². The van der Waals surface area contributed by atoms with E-state index in [4.69, 9.17) is 0 Å². The van der Waals surface area contributed by atoms with Gasteiger partial charge in [0.1, 0.15) is 10.8 Å². The minimum absolute atomic E-state index is 0.287. The number of phenolic OH excluding ortho intramolecular Hbond substituents is 1. The molecule has 0 saturated carbocycles.